The molecule has 0 saturated heterocycles. The van der Waals surface area contributed by atoms with Crippen LogP contribution < -0.4 is 0 Å². The van der Waals surface area contributed by atoms with Crippen molar-refractivity contribution >= 4 is 21.5 Å². The summed E-state index contributed by atoms with van der Waals surface area (Å²) in [5.41, 5.74) is 13.1. The van der Waals surface area contributed by atoms with Crippen molar-refractivity contribution in [3.63, 3.8) is 0 Å². The van der Waals surface area contributed by atoms with Gasteiger partial charge in [0.2, 0.25) is 0 Å². The second-order valence-electron chi connectivity index (χ2n) is 11.7. The van der Waals surface area contributed by atoms with Gasteiger partial charge >= 0.3 is 0 Å². The van der Waals surface area contributed by atoms with Crippen LogP contribution in [0.15, 0.2) is 146 Å². The molecule has 1 aliphatic carbocycles. The molecule has 8 rings (SSSR count). The molecule has 7 aromatic carbocycles. The number of rotatable bonds is 3. The lowest BCUT2D eigenvalue weighted by Crippen LogP contribution is -2.14. The average molecular weight is 523 g/mol. The van der Waals surface area contributed by atoms with Gasteiger partial charge in [0.25, 0.3) is 0 Å². The summed E-state index contributed by atoms with van der Waals surface area (Å²) in [5.74, 6) is 0. The van der Waals surface area contributed by atoms with E-state index in [1.54, 1.807) is 0 Å². The predicted octanol–water partition coefficient (Wildman–Crippen LogP) is 11.3. The van der Waals surface area contributed by atoms with Crippen LogP contribution >= 0.6 is 0 Å². The molecule has 0 radical (unpaired) electrons. The van der Waals surface area contributed by atoms with Gasteiger partial charge in [0.05, 0.1) is 0 Å². The van der Waals surface area contributed by atoms with Gasteiger partial charge in [0.15, 0.2) is 0 Å². The molecule has 0 aliphatic heterocycles. The Kier molecular flexibility index (Phi) is 5.27. The lowest BCUT2D eigenvalue weighted by molar-refractivity contribution is 0.660. The van der Waals surface area contributed by atoms with E-state index < -0.39 is 0 Å². The molecule has 0 bridgehead atoms. The van der Waals surface area contributed by atoms with Crippen LogP contribution in [0.25, 0.3) is 66.1 Å². The summed E-state index contributed by atoms with van der Waals surface area (Å²) in [6.45, 7) is 4.70. The Morgan fingerprint density at radius 2 is 0.829 bits per heavy atom. The monoisotopic (exact) mass is 522 g/mol. The van der Waals surface area contributed by atoms with Crippen LogP contribution in [-0.2, 0) is 5.41 Å². The molecule has 0 nitrogen and oxygen atoms in total. The molecule has 0 heterocycles. The third-order valence-corrected chi connectivity index (χ3v) is 9.06. The highest BCUT2D eigenvalue weighted by Crippen LogP contribution is 2.50. The topological polar surface area (TPSA) is 0 Å². The lowest BCUT2D eigenvalue weighted by Gasteiger charge is -2.22. The number of benzene rings is 7. The summed E-state index contributed by atoms with van der Waals surface area (Å²) in [4.78, 5) is 0. The maximum absolute atomic E-state index is 2.42. The third kappa shape index (κ3) is 3.61. The van der Waals surface area contributed by atoms with E-state index in [1.807, 2.05) is 0 Å². The molecule has 0 unspecified atom stereocenters. The summed E-state index contributed by atoms with van der Waals surface area (Å²) < 4.78 is 0. The zero-order valence-electron chi connectivity index (χ0n) is 23.4. The van der Waals surface area contributed by atoms with Gasteiger partial charge in [-0.05, 0) is 89.3 Å². The van der Waals surface area contributed by atoms with Crippen molar-refractivity contribution in [1.29, 1.82) is 0 Å². The highest BCUT2D eigenvalue weighted by Gasteiger charge is 2.35. The minimum atomic E-state index is -0.0147. The Hall–Kier alpha value is -4.94. The molecule has 0 heteroatoms. The molecule has 0 amide bonds. The van der Waals surface area contributed by atoms with Crippen LogP contribution in [0.4, 0.5) is 0 Å². The predicted molar refractivity (Wildman–Crippen MR) is 175 cm³/mol. The van der Waals surface area contributed by atoms with Crippen molar-refractivity contribution < 1.29 is 0 Å². The van der Waals surface area contributed by atoms with E-state index in [0.29, 0.717) is 0 Å². The van der Waals surface area contributed by atoms with Gasteiger partial charge in [-0.3, -0.25) is 0 Å². The number of hydrogen-bond acceptors (Lipinski definition) is 0. The quantitative estimate of drug-likeness (QED) is 0.202. The van der Waals surface area contributed by atoms with Crippen LogP contribution in [0, 0.1) is 0 Å². The Bertz CT molecular complexity index is 2050. The Morgan fingerprint density at radius 3 is 1.51 bits per heavy atom. The summed E-state index contributed by atoms with van der Waals surface area (Å²) in [6.07, 6.45) is 0. The second-order valence-corrected chi connectivity index (χ2v) is 11.7. The summed E-state index contributed by atoms with van der Waals surface area (Å²) in [7, 11) is 0. The zero-order chi connectivity index (χ0) is 27.6. The first-order valence-electron chi connectivity index (χ1n) is 14.5. The summed E-state index contributed by atoms with van der Waals surface area (Å²) in [5, 5.41) is 5.14. The van der Waals surface area contributed by atoms with Crippen LogP contribution in [0.3, 0.4) is 0 Å². The van der Waals surface area contributed by atoms with Crippen LogP contribution in [-0.4, -0.2) is 0 Å². The fourth-order valence-corrected chi connectivity index (χ4v) is 7.09. The molecule has 0 aromatic heterocycles. The maximum atomic E-state index is 2.42. The molecule has 0 atom stereocenters. The van der Waals surface area contributed by atoms with Crippen molar-refractivity contribution in [3.05, 3.63) is 157 Å². The van der Waals surface area contributed by atoms with Crippen molar-refractivity contribution in [2.45, 2.75) is 19.3 Å². The molecule has 7 aromatic rings. The summed E-state index contributed by atoms with van der Waals surface area (Å²) >= 11 is 0. The van der Waals surface area contributed by atoms with Gasteiger partial charge < -0.3 is 0 Å². The standard InChI is InChI=1S/C41H30/c1-41(2)37-22-11-10-17-31(37)32-24-23-29(26-38(32)41)28-15-12-16-30(25-28)40-35-20-8-6-18-33(35)39(27-13-4-3-5-14-27)34-19-7-9-21-36(34)40/h3-26H,1-2H3. The van der Waals surface area contributed by atoms with Crippen LogP contribution in [0.2, 0.25) is 0 Å². The Labute approximate surface area is 241 Å². The first-order chi connectivity index (χ1) is 20.1. The molecular formula is C41H30. The van der Waals surface area contributed by atoms with Crippen molar-refractivity contribution in [2.75, 3.05) is 0 Å². The van der Waals surface area contributed by atoms with E-state index in [4.69, 9.17) is 0 Å². The zero-order valence-corrected chi connectivity index (χ0v) is 23.4. The molecule has 194 valence electrons. The van der Waals surface area contributed by atoms with Gasteiger partial charge in [0.1, 0.15) is 0 Å². The van der Waals surface area contributed by atoms with Crippen LogP contribution in [0.5, 0.6) is 0 Å². The minimum absolute atomic E-state index is 0.0147. The third-order valence-electron chi connectivity index (χ3n) is 9.06. The smallest absolute Gasteiger partial charge is 0.0159 e. The largest absolute Gasteiger partial charge is 0.0622 e. The van der Waals surface area contributed by atoms with E-state index in [2.05, 4.69) is 159 Å². The Morgan fingerprint density at radius 1 is 0.341 bits per heavy atom. The van der Waals surface area contributed by atoms with Gasteiger partial charge in [0, 0.05) is 5.41 Å². The van der Waals surface area contributed by atoms with Crippen LogP contribution in [0.1, 0.15) is 25.0 Å². The first kappa shape index (κ1) is 23.9. The fraction of sp³-hybridized carbons (Fsp3) is 0.0732. The lowest BCUT2D eigenvalue weighted by atomic mass is 9.81. The highest BCUT2D eigenvalue weighted by atomic mass is 14.4. The average Bonchev–Trinajstić information content (AvgIpc) is 3.26. The minimum Gasteiger partial charge on any atom is -0.0622 e. The molecule has 1 aliphatic rings. The van der Waals surface area contributed by atoms with Gasteiger partial charge in [-0.25, -0.2) is 0 Å². The van der Waals surface area contributed by atoms with Crippen molar-refractivity contribution in [3.8, 4) is 44.5 Å². The van der Waals surface area contributed by atoms with Gasteiger partial charge in [-0.2, -0.15) is 0 Å². The molecular weight excluding hydrogens is 492 g/mol. The normalized spacial score (nSPS) is 13.3. The van der Waals surface area contributed by atoms with Gasteiger partial charge in [-0.15, -0.1) is 0 Å². The second kappa shape index (κ2) is 9.04. The maximum Gasteiger partial charge on any atom is 0.0159 e. The van der Waals surface area contributed by atoms with E-state index in [0.717, 1.165) is 0 Å². The molecule has 0 spiro atoms. The fourth-order valence-electron chi connectivity index (χ4n) is 7.09. The highest BCUT2D eigenvalue weighted by molar-refractivity contribution is 6.21. The van der Waals surface area contributed by atoms with Gasteiger partial charge in [-0.1, -0.05) is 147 Å². The molecule has 0 N–H and O–H groups in total. The van der Waals surface area contributed by atoms with E-state index in [9.17, 15) is 0 Å². The first-order valence-corrected chi connectivity index (χ1v) is 14.5. The molecule has 0 fully saturated rings. The van der Waals surface area contributed by atoms with E-state index in [-0.39, 0.29) is 5.41 Å². The van der Waals surface area contributed by atoms with E-state index >= 15 is 0 Å². The summed E-state index contributed by atoms with van der Waals surface area (Å²) in [6, 6.07) is 53.6. The van der Waals surface area contributed by atoms with Crippen molar-refractivity contribution in [1.82, 2.24) is 0 Å². The molecule has 41 heavy (non-hydrogen) atoms. The Balaban J connectivity index is 1.34. The van der Waals surface area contributed by atoms with Crippen molar-refractivity contribution in [2.24, 2.45) is 0 Å². The number of hydrogen-bond donors (Lipinski definition) is 0. The number of fused-ring (bicyclic) bond motifs is 5. The van der Waals surface area contributed by atoms with E-state index in [1.165, 1.54) is 77.2 Å². The SMILES string of the molecule is CC1(C)c2ccccc2-c2ccc(-c3cccc(-c4c5ccccc5c(-c5ccccc5)c5ccccc45)c3)cc21. The molecule has 0 saturated carbocycles.